The largest absolute Gasteiger partial charge is 0.508 e. The second-order valence-electron chi connectivity index (χ2n) is 6.33. The molecule has 1 N–H and O–H groups in total. The van der Waals surface area contributed by atoms with Crippen LogP contribution in [-0.4, -0.2) is 26.0 Å². The Morgan fingerprint density at radius 1 is 1.03 bits per heavy atom. The summed E-state index contributed by atoms with van der Waals surface area (Å²) in [4.78, 5) is 13.2. The zero-order valence-electron chi connectivity index (χ0n) is 16.2. The summed E-state index contributed by atoms with van der Waals surface area (Å²) in [7, 11) is -4.23. The van der Waals surface area contributed by atoms with Crippen LogP contribution in [0.4, 0.5) is 5.69 Å². The smallest absolute Gasteiger partial charge is 0.270 e. The van der Waals surface area contributed by atoms with Crippen molar-refractivity contribution in [2.24, 2.45) is 0 Å². The lowest BCUT2D eigenvalue weighted by atomic mass is 10.1. The quantitative estimate of drug-likeness (QED) is 0.582. The van der Waals surface area contributed by atoms with Crippen LogP contribution in [0.5, 0.6) is 11.5 Å². The highest BCUT2D eigenvalue weighted by Crippen LogP contribution is 2.32. The molecule has 1 amide bonds. The first kappa shape index (κ1) is 21.7. The third-order valence-corrected chi connectivity index (χ3v) is 6.31. The standard InChI is InChI=1S/C22H20ClNO5S/c1-2-29-22-16(8-6-13-20(22)23)14-21(26)24(17-9-7-10-18(25)15-17)30(27,28)19-11-4-3-5-12-19/h3-13,15,25H,2,14H2,1H3. The fourth-order valence-electron chi connectivity index (χ4n) is 2.97. The van der Waals surface area contributed by atoms with Gasteiger partial charge in [0.15, 0.2) is 0 Å². The molecule has 3 aromatic carbocycles. The van der Waals surface area contributed by atoms with Gasteiger partial charge in [0.05, 0.1) is 28.6 Å². The summed E-state index contributed by atoms with van der Waals surface area (Å²) in [5.41, 5.74) is 0.492. The Morgan fingerprint density at radius 2 is 1.73 bits per heavy atom. The molecular formula is C22H20ClNO5S. The van der Waals surface area contributed by atoms with Gasteiger partial charge >= 0.3 is 0 Å². The van der Waals surface area contributed by atoms with Gasteiger partial charge < -0.3 is 9.84 Å². The lowest BCUT2D eigenvalue weighted by Gasteiger charge is -2.23. The molecule has 0 unspecified atom stereocenters. The van der Waals surface area contributed by atoms with Crippen molar-refractivity contribution in [3.05, 3.63) is 83.4 Å². The number of amides is 1. The van der Waals surface area contributed by atoms with E-state index in [9.17, 15) is 18.3 Å². The summed E-state index contributed by atoms with van der Waals surface area (Å²) in [6, 6.07) is 18.1. The lowest BCUT2D eigenvalue weighted by Crippen LogP contribution is -2.38. The van der Waals surface area contributed by atoms with Crippen LogP contribution in [0, 0.1) is 0 Å². The number of halogens is 1. The lowest BCUT2D eigenvalue weighted by molar-refractivity contribution is -0.116. The number of carbonyl (C=O) groups is 1. The molecule has 6 nitrogen and oxygen atoms in total. The van der Waals surface area contributed by atoms with Gasteiger partial charge in [-0.2, -0.15) is 0 Å². The number of aromatic hydroxyl groups is 1. The highest BCUT2D eigenvalue weighted by molar-refractivity contribution is 7.93. The molecule has 0 aliphatic carbocycles. The normalized spacial score (nSPS) is 11.1. The predicted octanol–water partition coefficient (Wildman–Crippen LogP) is 4.41. The molecule has 3 rings (SSSR count). The maximum absolute atomic E-state index is 13.3. The van der Waals surface area contributed by atoms with Crippen molar-refractivity contribution in [3.63, 3.8) is 0 Å². The number of rotatable bonds is 7. The van der Waals surface area contributed by atoms with E-state index in [4.69, 9.17) is 16.3 Å². The molecule has 30 heavy (non-hydrogen) atoms. The Balaban J connectivity index is 2.08. The molecule has 0 fully saturated rings. The van der Waals surface area contributed by atoms with E-state index < -0.39 is 15.9 Å². The van der Waals surface area contributed by atoms with E-state index in [1.54, 1.807) is 43.3 Å². The zero-order chi connectivity index (χ0) is 21.7. The minimum Gasteiger partial charge on any atom is -0.508 e. The molecule has 0 radical (unpaired) electrons. The summed E-state index contributed by atoms with van der Waals surface area (Å²) in [6.07, 6.45) is -0.266. The van der Waals surface area contributed by atoms with Gasteiger partial charge in [0.25, 0.3) is 10.0 Å². The van der Waals surface area contributed by atoms with Gasteiger partial charge in [-0.25, -0.2) is 12.7 Å². The highest BCUT2D eigenvalue weighted by atomic mass is 35.5. The molecule has 0 atom stereocenters. The Hall–Kier alpha value is -3.03. The number of carbonyl (C=O) groups excluding carboxylic acids is 1. The van der Waals surface area contributed by atoms with Crippen LogP contribution < -0.4 is 9.04 Å². The van der Waals surface area contributed by atoms with Gasteiger partial charge in [0, 0.05) is 11.6 Å². The number of para-hydroxylation sites is 1. The molecule has 0 saturated carbocycles. The Labute approximate surface area is 180 Å². The van der Waals surface area contributed by atoms with Gasteiger partial charge in [0.2, 0.25) is 5.91 Å². The summed E-state index contributed by atoms with van der Waals surface area (Å²) in [5, 5.41) is 10.2. The van der Waals surface area contributed by atoms with E-state index in [0.29, 0.717) is 27.2 Å². The minimum atomic E-state index is -4.23. The second-order valence-corrected chi connectivity index (χ2v) is 8.53. The van der Waals surface area contributed by atoms with Crippen LogP contribution in [0.25, 0.3) is 0 Å². The summed E-state index contributed by atoms with van der Waals surface area (Å²) >= 11 is 6.19. The molecule has 0 aliphatic rings. The van der Waals surface area contributed by atoms with Gasteiger partial charge in [-0.15, -0.1) is 0 Å². The Morgan fingerprint density at radius 3 is 2.40 bits per heavy atom. The average Bonchev–Trinajstić information content (AvgIpc) is 2.71. The zero-order valence-corrected chi connectivity index (χ0v) is 17.7. The van der Waals surface area contributed by atoms with E-state index in [1.165, 1.54) is 36.4 Å². The van der Waals surface area contributed by atoms with Gasteiger partial charge in [0.1, 0.15) is 11.5 Å². The van der Waals surface area contributed by atoms with Gasteiger partial charge in [-0.3, -0.25) is 4.79 Å². The fraction of sp³-hybridized carbons (Fsp3) is 0.136. The molecule has 156 valence electrons. The number of hydrogen-bond donors (Lipinski definition) is 1. The Kier molecular flexibility index (Phi) is 6.64. The van der Waals surface area contributed by atoms with Crippen LogP contribution >= 0.6 is 11.6 Å². The first-order chi connectivity index (χ1) is 14.3. The third-order valence-electron chi connectivity index (χ3n) is 4.25. The van der Waals surface area contributed by atoms with Crippen molar-refractivity contribution < 1.29 is 23.1 Å². The van der Waals surface area contributed by atoms with E-state index >= 15 is 0 Å². The van der Waals surface area contributed by atoms with Crippen molar-refractivity contribution in [1.29, 1.82) is 0 Å². The maximum atomic E-state index is 13.3. The maximum Gasteiger partial charge on any atom is 0.270 e. The minimum absolute atomic E-state index is 0.0313. The van der Waals surface area contributed by atoms with E-state index in [1.807, 2.05) is 0 Å². The highest BCUT2D eigenvalue weighted by Gasteiger charge is 2.31. The second kappa shape index (κ2) is 9.19. The van der Waals surface area contributed by atoms with Crippen LogP contribution in [0.3, 0.4) is 0 Å². The van der Waals surface area contributed by atoms with Gasteiger partial charge in [-0.05, 0) is 37.3 Å². The summed E-state index contributed by atoms with van der Waals surface area (Å²) in [6.45, 7) is 2.12. The molecule has 0 aromatic heterocycles. The first-order valence-electron chi connectivity index (χ1n) is 9.17. The molecule has 3 aromatic rings. The average molecular weight is 446 g/mol. The number of hydrogen-bond acceptors (Lipinski definition) is 5. The number of phenolic OH excluding ortho intramolecular Hbond substituents is 1. The molecule has 8 heteroatoms. The fourth-order valence-corrected chi connectivity index (χ4v) is 4.65. The number of phenols is 1. The van der Waals surface area contributed by atoms with E-state index in [0.717, 1.165) is 0 Å². The van der Waals surface area contributed by atoms with E-state index in [-0.39, 0.29) is 22.8 Å². The molecule has 0 heterocycles. The molecule has 0 spiro atoms. The number of ether oxygens (including phenoxy) is 1. The SMILES string of the molecule is CCOc1c(Cl)cccc1CC(=O)N(c1cccc(O)c1)S(=O)(=O)c1ccccc1. The number of nitrogens with zero attached hydrogens (tertiary/aromatic N) is 1. The van der Waals surface area contributed by atoms with Crippen molar-refractivity contribution in [1.82, 2.24) is 0 Å². The van der Waals surface area contributed by atoms with Crippen molar-refractivity contribution >= 4 is 33.2 Å². The van der Waals surface area contributed by atoms with Crippen LogP contribution in [0.2, 0.25) is 5.02 Å². The molecule has 0 saturated heterocycles. The van der Waals surface area contributed by atoms with Crippen molar-refractivity contribution in [3.8, 4) is 11.5 Å². The number of sulfonamides is 1. The van der Waals surface area contributed by atoms with Crippen LogP contribution in [0.1, 0.15) is 12.5 Å². The monoisotopic (exact) mass is 445 g/mol. The van der Waals surface area contributed by atoms with Crippen molar-refractivity contribution in [2.45, 2.75) is 18.2 Å². The predicted molar refractivity (Wildman–Crippen MR) is 116 cm³/mol. The van der Waals surface area contributed by atoms with Crippen LogP contribution in [-0.2, 0) is 21.2 Å². The summed E-state index contributed by atoms with van der Waals surface area (Å²) in [5.74, 6) is -0.540. The first-order valence-corrected chi connectivity index (χ1v) is 11.0. The topological polar surface area (TPSA) is 83.9 Å². The van der Waals surface area contributed by atoms with Crippen LogP contribution in [0.15, 0.2) is 77.7 Å². The Bertz CT molecular complexity index is 1150. The number of benzene rings is 3. The van der Waals surface area contributed by atoms with E-state index in [2.05, 4.69) is 0 Å². The molecule has 0 bridgehead atoms. The third kappa shape index (κ3) is 4.58. The van der Waals surface area contributed by atoms with Gasteiger partial charge in [-0.1, -0.05) is 48.0 Å². The molecule has 0 aliphatic heterocycles. The molecular weight excluding hydrogens is 426 g/mol. The summed E-state index contributed by atoms with van der Waals surface area (Å²) < 4.78 is 32.9. The van der Waals surface area contributed by atoms with Crippen molar-refractivity contribution in [2.75, 3.05) is 10.9 Å². The number of anilines is 1.